The summed E-state index contributed by atoms with van der Waals surface area (Å²) in [5, 5.41) is 1.18. The Morgan fingerprint density at radius 1 is 0.875 bits per heavy atom. The number of thiophene rings is 1. The third-order valence-corrected chi connectivity index (χ3v) is 5.67. The normalized spacial score (nSPS) is 11.1. The van der Waals surface area contributed by atoms with Crippen molar-refractivity contribution in [2.24, 2.45) is 0 Å². The maximum Gasteiger partial charge on any atom is 0.0718 e. The summed E-state index contributed by atoms with van der Waals surface area (Å²) in [6, 6.07) is 23.6. The summed E-state index contributed by atoms with van der Waals surface area (Å²) < 4.78 is 0. The number of nitrogens with zero attached hydrogens (tertiary/aromatic N) is 1. The number of rotatable bonds is 3. The van der Waals surface area contributed by atoms with E-state index in [4.69, 9.17) is 4.98 Å². The number of hydrogen-bond donors (Lipinski definition) is 0. The van der Waals surface area contributed by atoms with Crippen LogP contribution in [0.5, 0.6) is 0 Å². The third-order valence-electron chi connectivity index (χ3n) is 4.40. The fourth-order valence-electron chi connectivity index (χ4n) is 3.13. The molecule has 0 saturated carbocycles. The Morgan fingerprint density at radius 3 is 2.58 bits per heavy atom. The zero-order valence-electron chi connectivity index (χ0n) is 13.9. The van der Waals surface area contributed by atoms with Crippen LogP contribution in [-0.2, 0) is 6.42 Å². The van der Waals surface area contributed by atoms with Gasteiger partial charge >= 0.3 is 0 Å². The first-order valence-corrected chi connectivity index (χ1v) is 9.13. The SMILES string of the molecule is CCc1ccc(-c2cccc(C)c2-c2ccc3ccccc3n2)s1. The topological polar surface area (TPSA) is 12.9 Å². The van der Waals surface area contributed by atoms with Gasteiger partial charge in [-0.25, -0.2) is 4.98 Å². The highest BCUT2D eigenvalue weighted by Gasteiger charge is 2.13. The molecule has 0 aliphatic heterocycles. The molecule has 24 heavy (non-hydrogen) atoms. The van der Waals surface area contributed by atoms with E-state index in [0.717, 1.165) is 17.6 Å². The molecular formula is C22H19NS. The highest BCUT2D eigenvalue weighted by Crippen LogP contribution is 2.38. The molecule has 0 aliphatic rings. The molecule has 2 heterocycles. The Labute approximate surface area is 146 Å². The van der Waals surface area contributed by atoms with Gasteiger partial charge in [0.1, 0.15) is 0 Å². The molecule has 0 radical (unpaired) electrons. The van der Waals surface area contributed by atoms with Crippen molar-refractivity contribution in [2.75, 3.05) is 0 Å². The van der Waals surface area contributed by atoms with E-state index < -0.39 is 0 Å². The lowest BCUT2D eigenvalue weighted by Crippen LogP contribution is -1.91. The molecule has 0 unspecified atom stereocenters. The average Bonchev–Trinajstić information content (AvgIpc) is 3.10. The summed E-state index contributed by atoms with van der Waals surface area (Å²) in [5.74, 6) is 0. The van der Waals surface area contributed by atoms with Gasteiger partial charge in [-0.1, -0.05) is 49.4 Å². The minimum atomic E-state index is 1.05. The van der Waals surface area contributed by atoms with Crippen LogP contribution in [0, 0.1) is 6.92 Å². The molecule has 118 valence electrons. The fourth-order valence-corrected chi connectivity index (χ4v) is 4.11. The number of hydrogen-bond acceptors (Lipinski definition) is 2. The van der Waals surface area contributed by atoms with E-state index in [0.29, 0.717) is 0 Å². The standard InChI is InChI=1S/C22H19NS/c1-3-17-12-14-21(24-17)18-9-6-7-15(2)22(18)20-13-11-16-8-4-5-10-19(16)23-20/h4-14H,3H2,1-2H3. The predicted molar refractivity (Wildman–Crippen MR) is 105 cm³/mol. The lowest BCUT2D eigenvalue weighted by atomic mass is 9.97. The molecule has 2 heteroatoms. The molecule has 0 bridgehead atoms. The Kier molecular flexibility index (Phi) is 3.91. The summed E-state index contributed by atoms with van der Waals surface area (Å²) in [5.41, 5.74) is 5.88. The van der Waals surface area contributed by atoms with Crippen LogP contribution in [0.25, 0.3) is 32.6 Å². The molecule has 4 rings (SSSR count). The number of pyridine rings is 1. The van der Waals surface area contributed by atoms with E-state index in [1.807, 2.05) is 17.4 Å². The minimum Gasteiger partial charge on any atom is -0.248 e. The molecule has 4 aromatic rings. The Balaban J connectivity index is 1.93. The van der Waals surface area contributed by atoms with Gasteiger partial charge in [0.15, 0.2) is 0 Å². The van der Waals surface area contributed by atoms with Gasteiger partial charge in [-0.15, -0.1) is 11.3 Å². The second-order valence-corrected chi connectivity index (χ2v) is 7.17. The number of fused-ring (bicyclic) bond motifs is 1. The molecule has 0 N–H and O–H groups in total. The zero-order valence-corrected chi connectivity index (χ0v) is 14.7. The number of para-hydroxylation sites is 1. The van der Waals surface area contributed by atoms with Gasteiger partial charge in [-0.3, -0.25) is 0 Å². The van der Waals surface area contributed by atoms with Gasteiger partial charge in [0.25, 0.3) is 0 Å². The molecule has 0 atom stereocenters. The molecule has 2 aromatic carbocycles. The zero-order chi connectivity index (χ0) is 16.5. The largest absolute Gasteiger partial charge is 0.248 e. The Bertz CT molecular complexity index is 1010. The van der Waals surface area contributed by atoms with Gasteiger partial charge in [0.05, 0.1) is 11.2 Å². The van der Waals surface area contributed by atoms with Crippen LogP contribution < -0.4 is 0 Å². The van der Waals surface area contributed by atoms with Crippen molar-refractivity contribution in [1.29, 1.82) is 0 Å². The quantitative estimate of drug-likeness (QED) is 0.418. The summed E-state index contributed by atoms with van der Waals surface area (Å²) in [6.07, 6.45) is 1.08. The van der Waals surface area contributed by atoms with Crippen molar-refractivity contribution >= 4 is 22.2 Å². The molecule has 0 spiro atoms. The minimum absolute atomic E-state index is 1.05. The van der Waals surface area contributed by atoms with E-state index in [2.05, 4.69) is 74.5 Å². The average molecular weight is 329 g/mol. The lowest BCUT2D eigenvalue weighted by Gasteiger charge is -2.12. The highest BCUT2D eigenvalue weighted by molar-refractivity contribution is 7.15. The van der Waals surface area contributed by atoms with Crippen LogP contribution in [0.3, 0.4) is 0 Å². The maximum atomic E-state index is 4.92. The van der Waals surface area contributed by atoms with Gasteiger partial charge in [0, 0.05) is 26.3 Å². The summed E-state index contributed by atoms with van der Waals surface area (Å²) >= 11 is 1.88. The first kappa shape index (κ1) is 15.1. The molecular weight excluding hydrogens is 310 g/mol. The molecule has 0 fully saturated rings. The second-order valence-electron chi connectivity index (χ2n) is 6.01. The second kappa shape index (κ2) is 6.21. The van der Waals surface area contributed by atoms with E-state index in [1.165, 1.54) is 31.8 Å². The van der Waals surface area contributed by atoms with Crippen LogP contribution in [-0.4, -0.2) is 4.98 Å². The van der Waals surface area contributed by atoms with E-state index in [9.17, 15) is 0 Å². The van der Waals surface area contributed by atoms with Crippen molar-refractivity contribution in [3.8, 4) is 21.7 Å². The molecule has 0 amide bonds. The number of aryl methyl sites for hydroxylation is 2. The molecule has 0 saturated heterocycles. The first-order valence-electron chi connectivity index (χ1n) is 8.31. The van der Waals surface area contributed by atoms with Crippen molar-refractivity contribution in [3.63, 3.8) is 0 Å². The van der Waals surface area contributed by atoms with Crippen LogP contribution in [0.15, 0.2) is 66.7 Å². The van der Waals surface area contributed by atoms with E-state index in [1.54, 1.807) is 0 Å². The lowest BCUT2D eigenvalue weighted by molar-refractivity contribution is 1.19. The Hall–Kier alpha value is -2.45. The van der Waals surface area contributed by atoms with Crippen LogP contribution in [0.2, 0.25) is 0 Å². The highest BCUT2D eigenvalue weighted by atomic mass is 32.1. The molecule has 2 aromatic heterocycles. The van der Waals surface area contributed by atoms with Crippen LogP contribution in [0.4, 0.5) is 0 Å². The summed E-state index contributed by atoms with van der Waals surface area (Å²) in [7, 11) is 0. The summed E-state index contributed by atoms with van der Waals surface area (Å²) in [6.45, 7) is 4.38. The van der Waals surface area contributed by atoms with Crippen molar-refractivity contribution in [3.05, 3.63) is 77.2 Å². The fraction of sp³-hybridized carbons (Fsp3) is 0.136. The van der Waals surface area contributed by atoms with E-state index >= 15 is 0 Å². The van der Waals surface area contributed by atoms with Crippen LogP contribution in [0.1, 0.15) is 17.4 Å². The first-order chi connectivity index (χ1) is 11.8. The van der Waals surface area contributed by atoms with Gasteiger partial charge in [-0.05, 0) is 43.2 Å². The van der Waals surface area contributed by atoms with E-state index in [-0.39, 0.29) is 0 Å². The monoisotopic (exact) mass is 329 g/mol. The smallest absolute Gasteiger partial charge is 0.0718 e. The van der Waals surface area contributed by atoms with Crippen molar-refractivity contribution in [1.82, 2.24) is 4.98 Å². The van der Waals surface area contributed by atoms with Crippen molar-refractivity contribution in [2.45, 2.75) is 20.3 Å². The number of aromatic nitrogens is 1. The van der Waals surface area contributed by atoms with Crippen molar-refractivity contribution < 1.29 is 0 Å². The van der Waals surface area contributed by atoms with Gasteiger partial charge < -0.3 is 0 Å². The maximum absolute atomic E-state index is 4.92. The predicted octanol–water partition coefficient (Wildman–Crippen LogP) is 6.50. The molecule has 1 nitrogen and oxygen atoms in total. The molecule has 0 aliphatic carbocycles. The Morgan fingerprint density at radius 2 is 1.75 bits per heavy atom. The van der Waals surface area contributed by atoms with Crippen LogP contribution >= 0.6 is 11.3 Å². The summed E-state index contributed by atoms with van der Waals surface area (Å²) in [4.78, 5) is 7.66. The number of benzene rings is 2. The van der Waals surface area contributed by atoms with Gasteiger partial charge in [0.2, 0.25) is 0 Å². The van der Waals surface area contributed by atoms with Gasteiger partial charge in [-0.2, -0.15) is 0 Å². The third kappa shape index (κ3) is 2.63.